The second-order valence-electron chi connectivity index (χ2n) is 5.30. The van der Waals surface area contributed by atoms with Crippen LogP contribution < -0.4 is 5.32 Å². The number of nitrogens with zero attached hydrogens (tertiary/aromatic N) is 2. The predicted molar refractivity (Wildman–Crippen MR) is 68.1 cm³/mol. The van der Waals surface area contributed by atoms with Gasteiger partial charge in [-0.2, -0.15) is 0 Å². The molecule has 1 aliphatic carbocycles. The molecule has 0 bridgehead atoms. The van der Waals surface area contributed by atoms with Crippen molar-refractivity contribution in [1.82, 2.24) is 15.3 Å². The van der Waals surface area contributed by atoms with Crippen LogP contribution in [0.2, 0.25) is 0 Å². The molecule has 1 atom stereocenters. The topological polar surface area (TPSA) is 37.8 Å². The summed E-state index contributed by atoms with van der Waals surface area (Å²) in [5.41, 5.74) is 2.73. The smallest absolute Gasteiger partial charge is 0.132 e. The van der Waals surface area contributed by atoms with Gasteiger partial charge in [0.15, 0.2) is 0 Å². The van der Waals surface area contributed by atoms with E-state index in [1.807, 2.05) is 0 Å². The molecule has 1 saturated heterocycles. The zero-order valence-electron chi connectivity index (χ0n) is 10.4. The van der Waals surface area contributed by atoms with Crippen molar-refractivity contribution in [2.75, 3.05) is 13.1 Å². The van der Waals surface area contributed by atoms with Gasteiger partial charge in [-0.15, -0.1) is 0 Å². The van der Waals surface area contributed by atoms with Crippen LogP contribution in [0.5, 0.6) is 0 Å². The zero-order valence-corrected chi connectivity index (χ0v) is 10.4. The van der Waals surface area contributed by atoms with Crippen LogP contribution >= 0.6 is 0 Å². The minimum Gasteiger partial charge on any atom is -0.316 e. The highest BCUT2D eigenvalue weighted by Gasteiger charge is 2.19. The number of rotatable bonds is 1. The molecular formula is C14H21N3. The third kappa shape index (κ3) is 2.49. The van der Waals surface area contributed by atoms with E-state index in [0.29, 0.717) is 5.92 Å². The Labute approximate surface area is 103 Å². The number of aromatic nitrogens is 2. The number of hydrogen-bond acceptors (Lipinski definition) is 3. The molecule has 0 saturated carbocycles. The van der Waals surface area contributed by atoms with Crippen molar-refractivity contribution in [2.24, 2.45) is 0 Å². The van der Waals surface area contributed by atoms with Crippen molar-refractivity contribution in [3.63, 3.8) is 0 Å². The van der Waals surface area contributed by atoms with Crippen LogP contribution in [-0.4, -0.2) is 23.1 Å². The maximum absolute atomic E-state index is 4.85. The first-order valence-corrected chi connectivity index (χ1v) is 6.99. The summed E-state index contributed by atoms with van der Waals surface area (Å²) in [4.78, 5) is 9.45. The fraction of sp³-hybridized carbons (Fsp3) is 0.714. The summed E-state index contributed by atoms with van der Waals surface area (Å²) < 4.78 is 0. The molecule has 0 amide bonds. The summed E-state index contributed by atoms with van der Waals surface area (Å²) in [6, 6.07) is 0. The van der Waals surface area contributed by atoms with Crippen LogP contribution in [0.15, 0.2) is 6.20 Å². The third-order valence-corrected chi connectivity index (χ3v) is 3.99. The van der Waals surface area contributed by atoms with Gasteiger partial charge in [0.05, 0.1) is 0 Å². The van der Waals surface area contributed by atoms with Gasteiger partial charge in [0.1, 0.15) is 5.82 Å². The maximum Gasteiger partial charge on any atom is 0.132 e. The average molecular weight is 231 g/mol. The summed E-state index contributed by atoms with van der Waals surface area (Å²) in [7, 11) is 0. The number of aryl methyl sites for hydroxylation is 2. The molecule has 1 aromatic heterocycles. The third-order valence-electron chi connectivity index (χ3n) is 3.99. The van der Waals surface area contributed by atoms with Gasteiger partial charge >= 0.3 is 0 Å². The first-order chi connectivity index (χ1) is 8.43. The van der Waals surface area contributed by atoms with Gasteiger partial charge in [-0.05, 0) is 50.6 Å². The number of fused-ring (bicyclic) bond motifs is 1. The van der Waals surface area contributed by atoms with Gasteiger partial charge in [0.2, 0.25) is 0 Å². The Balaban J connectivity index is 1.83. The monoisotopic (exact) mass is 231 g/mol. The highest BCUT2D eigenvalue weighted by Crippen LogP contribution is 2.23. The molecule has 3 rings (SSSR count). The lowest BCUT2D eigenvalue weighted by Gasteiger charge is -2.22. The van der Waals surface area contributed by atoms with Crippen LogP contribution in [0.3, 0.4) is 0 Å². The molecule has 3 heteroatoms. The maximum atomic E-state index is 4.85. The van der Waals surface area contributed by atoms with Crippen molar-refractivity contribution >= 4 is 0 Å². The number of hydrogen-bond donors (Lipinski definition) is 1. The Bertz CT molecular complexity index is 383. The van der Waals surface area contributed by atoms with Gasteiger partial charge < -0.3 is 5.32 Å². The van der Waals surface area contributed by atoms with E-state index in [1.54, 1.807) is 0 Å². The van der Waals surface area contributed by atoms with E-state index in [1.165, 1.54) is 49.8 Å². The van der Waals surface area contributed by atoms with Crippen LogP contribution in [0.25, 0.3) is 0 Å². The highest BCUT2D eigenvalue weighted by atomic mass is 14.9. The van der Waals surface area contributed by atoms with Crippen molar-refractivity contribution in [2.45, 2.75) is 50.9 Å². The zero-order chi connectivity index (χ0) is 11.5. The molecule has 2 heterocycles. The van der Waals surface area contributed by atoms with Crippen molar-refractivity contribution in [3.8, 4) is 0 Å². The van der Waals surface area contributed by atoms with Crippen LogP contribution in [-0.2, 0) is 12.8 Å². The van der Waals surface area contributed by atoms with Gasteiger partial charge in [0.25, 0.3) is 0 Å². The summed E-state index contributed by atoms with van der Waals surface area (Å²) in [5.74, 6) is 1.62. The highest BCUT2D eigenvalue weighted by molar-refractivity contribution is 5.20. The summed E-state index contributed by atoms with van der Waals surface area (Å²) in [6.07, 6.45) is 10.9. The molecule has 1 unspecified atom stereocenters. The van der Waals surface area contributed by atoms with E-state index in [2.05, 4.69) is 16.5 Å². The molecule has 0 radical (unpaired) electrons. The molecule has 2 aliphatic rings. The fourth-order valence-corrected chi connectivity index (χ4v) is 2.94. The van der Waals surface area contributed by atoms with E-state index in [-0.39, 0.29) is 0 Å². The second-order valence-corrected chi connectivity index (χ2v) is 5.30. The normalized spacial score (nSPS) is 25.1. The summed E-state index contributed by atoms with van der Waals surface area (Å²) in [5, 5.41) is 3.45. The lowest BCUT2D eigenvalue weighted by Crippen LogP contribution is -2.29. The molecule has 1 aliphatic heterocycles. The second kappa shape index (κ2) is 5.13. The average Bonchev–Trinajstić information content (AvgIpc) is 2.64. The fourth-order valence-electron chi connectivity index (χ4n) is 2.94. The summed E-state index contributed by atoms with van der Waals surface area (Å²) >= 11 is 0. The number of nitrogens with one attached hydrogen (secondary N) is 1. The molecule has 0 spiro atoms. The van der Waals surface area contributed by atoms with E-state index in [0.717, 1.165) is 25.3 Å². The SMILES string of the molecule is c1nc(C2CCCNC2)nc2c1CCCCC2. The molecule has 1 N–H and O–H groups in total. The Morgan fingerprint density at radius 2 is 2.06 bits per heavy atom. The molecule has 0 aromatic carbocycles. The molecule has 92 valence electrons. The molecule has 17 heavy (non-hydrogen) atoms. The van der Waals surface area contributed by atoms with E-state index >= 15 is 0 Å². The Morgan fingerprint density at radius 1 is 1.12 bits per heavy atom. The van der Waals surface area contributed by atoms with Gasteiger partial charge in [-0.25, -0.2) is 9.97 Å². The molecule has 1 aromatic rings. The van der Waals surface area contributed by atoms with Gasteiger partial charge in [-0.3, -0.25) is 0 Å². The predicted octanol–water partition coefficient (Wildman–Crippen LogP) is 2.21. The molecular weight excluding hydrogens is 210 g/mol. The Morgan fingerprint density at radius 3 is 2.94 bits per heavy atom. The van der Waals surface area contributed by atoms with Crippen molar-refractivity contribution in [3.05, 3.63) is 23.3 Å². The minimum atomic E-state index is 0.539. The quantitative estimate of drug-likeness (QED) is 0.753. The van der Waals surface area contributed by atoms with Crippen LogP contribution in [0, 0.1) is 0 Å². The van der Waals surface area contributed by atoms with E-state index in [4.69, 9.17) is 4.98 Å². The van der Waals surface area contributed by atoms with Gasteiger partial charge in [-0.1, -0.05) is 6.42 Å². The minimum absolute atomic E-state index is 0.539. The number of piperidine rings is 1. The van der Waals surface area contributed by atoms with Gasteiger partial charge in [0, 0.05) is 24.4 Å². The first kappa shape index (κ1) is 11.1. The van der Waals surface area contributed by atoms with E-state index < -0.39 is 0 Å². The van der Waals surface area contributed by atoms with Crippen LogP contribution in [0.4, 0.5) is 0 Å². The largest absolute Gasteiger partial charge is 0.316 e. The van der Waals surface area contributed by atoms with Crippen LogP contribution in [0.1, 0.15) is 55.1 Å². The Kier molecular flexibility index (Phi) is 3.36. The summed E-state index contributed by atoms with van der Waals surface area (Å²) in [6.45, 7) is 2.21. The van der Waals surface area contributed by atoms with Crippen molar-refractivity contribution < 1.29 is 0 Å². The lowest BCUT2D eigenvalue weighted by molar-refractivity contribution is 0.445. The van der Waals surface area contributed by atoms with E-state index in [9.17, 15) is 0 Å². The first-order valence-electron chi connectivity index (χ1n) is 6.99. The lowest BCUT2D eigenvalue weighted by atomic mass is 9.98. The Hall–Kier alpha value is -0.960. The molecule has 3 nitrogen and oxygen atoms in total. The molecule has 1 fully saturated rings. The van der Waals surface area contributed by atoms with Crippen molar-refractivity contribution in [1.29, 1.82) is 0 Å². The standard InChI is InChI=1S/C14H21N3/c1-2-5-11-10-16-14(17-13(11)7-3-1)12-6-4-8-15-9-12/h10,12,15H,1-9H2.